The second-order valence-corrected chi connectivity index (χ2v) is 10.3. The zero-order valence-electron chi connectivity index (χ0n) is 23.2. The molecule has 0 amide bonds. The number of carboxylic acid groups (broad SMARTS) is 1. The molecule has 222 valence electrons. The van der Waals surface area contributed by atoms with Crippen LogP contribution in [0.15, 0.2) is 42.9 Å². The van der Waals surface area contributed by atoms with Gasteiger partial charge in [0.15, 0.2) is 5.82 Å². The number of benzene rings is 1. The van der Waals surface area contributed by atoms with Crippen molar-refractivity contribution < 1.29 is 23.4 Å². The van der Waals surface area contributed by atoms with Crippen molar-refractivity contribution in [3.63, 3.8) is 0 Å². The molecule has 0 bridgehead atoms. The molecule has 0 radical (unpaired) electrons. The zero-order valence-corrected chi connectivity index (χ0v) is 23.2. The minimum atomic E-state index is -1.01. The molecule has 13 heteroatoms. The number of unbranched alkanes of at least 4 members (excludes halogenated alkanes) is 1. The molecule has 0 unspecified atom stereocenters. The fourth-order valence-corrected chi connectivity index (χ4v) is 5.00. The summed E-state index contributed by atoms with van der Waals surface area (Å²) in [4.78, 5) is 27.3. The second-order valence-electron chi connectivity index (χ2n) is 10.3. The van der Waals surface area contributed by atoms with Gasteiger partial charge in [-0.3, -0.25) is 10.00 Å². The molecule has 1 atom stereocenters. The molecule has 0 saturated carbocycles. The zero-order chi connectivity index (χ0) is 29.3. The maximum absolute atomic E-state index is 13.6. The SMILES string of the molecule is O=C(O)[C@H](CCN(CCCCc1ccc2c(n1)NCCC2)CCOc1cc(F)cc(F)c1)Nc1ncnc2cn[nH]c12. The average molecular weight is 581 g/mol. The van der Waals surface area contributed by atoms with Crippen LogP contribution in [-0.2, 0) is 17.6 Å². The predicted octanol–water partition coefficient (Wildman–Crippen LogP) is 4.04. The summed E-state index contributed by atoms with van der Waals surface area (Å²) in [6.45, 7) is 2.72. The number of halogens is 2. The molecule has 11 nitrogen and oxygen atoms in total. The van der Waals surface area contributed by atoms with Crippen molar-refractivity contribution in [2.24, 2.45) is 0 Å². The first kappa shape index (κ1) is 29.1. The summed E-state index contributed by atoms with van der Waals surface area (Å²) in [6, 6.07) is 6.38. The lowest BCUT2D eigenvalue weighted by molar-refractivity contribution is -0.138. The van der Waals surface area contributed by atoms with Crippen molar-refractivity contribution >= 4 is 28.6 Å². The predicted molar refractivity (Wildman–Crippen MR) is 154 cm³/mol. The second kappa shape index (κ2) is 14.0. The molecular formula is C29H34F2N8O3. The number of ether oxygens (including phenoxy) is 1. The van der Waals surface area contributed by atoms with Crippen LogP contribution in [0.2, 0.25) is 0 Å². The van der Waals surface area contributed by atoms with Gasteiger partial charge >= 0.3 is 5.97 Å². The van der Waals surface area contributed by atoms with E-state index in [1.54, 1.807) is 6.20 Å². The van der Waals surface area contributed by atoms with E-state index in [9.17, 15) is 18.7 Å². The molecule has 42 heavy (non-hydrogen) atoms. The highest BCUT2D eigenvalue weighted by Crippen LogP contribution is 2.21. The van der Waals surface area contributed by atoms with Crippen molar-refractivity contribution in [1.82, 2.24) is 30.0 Å². The monoisotopic (exact) mass is 580 g/mol. The van der Waals surface area contributed by atoms with Gasteiger partial charge in [0.1, 0.15) is 53.2 Å². The van der Waals surface area contributed by atoms with Gasteiger partial charge in [-0.1, -0.05) is 6.07 Å². The largest absolute Gasteiger partial charge is 0.492 e. The highest BCUT2D eigenvalue weighted by atomic mass is 19.1. The van der Waals surface area contributed by atoms with E-state index in [0.29, 0.717) is 36.5 Å². The fourth-order valence-electron chi connectivity index (χ4n) is 5.00. The van der Waals surface area contributed by atoms with Crippen molar-refractivity contribution in [2.75, 3.05) is 43.4 Å². The van der Waals surface area contributed by atoms with Crippen LogP contribution in [0.1, 0.15) is 36.9 Å². The van der Waals surface area contributed by atoms with E-state index in [1.807, 2.05) is 0 Å². The van der Waals surface area contributed by atoms with Gasteiger partial charge in [-0.05, 0) is 56.7 Å². The molecule has 3 aromatic heterocycles. The van der Waals surface area contributed by atoms with Gasteiger partial charge in [0.05, 0.1) is 6.20 Å². The highest BCUT2D eigenvalue weighted by Gasteiger charge is 2.21. The number of nitrogens with zero attached hydrogens (tertiary/aromatic N) is 5. The average Bonchev–Trinajstić information content (AvgIpc) is 3.46. The minimum absolute atomic E-state index is 0.108. The Morgan fingerprint density at radius 1 is 1.12 bits per heavy atom. The number of fused-ring (bicyclic) bond motifs is 2. The molecule has 1 aliphatic heterocycles. The van der Waals surface area contributed by atoms with E-state index in [-0.39, 0.29) is 18.8 Å². The third-order valence-corrected chi connectivity index (χ3v) is 7.20. The van der Waals surface area contributed by atoms with Crippen molar-refractivity contribution in [3.05, 3.63) is 65.7 Å². The number of aromatic nitrogens is 5. The summed E-state index contributed by atoms with van der Waals surface area (Å²) in [5.41, 5.74) is 3.40. The first-order valence-electron chi connectivity index (χ1n) is 14.1. The summed E-state index contributed by atoms with van der Waals surface area (Å²) in [6.07, 6.45) is 7.92. The third kappa shape index (κ3) is 7.87. The molecule has 0 fully saturated rings. The van der Waals surface area contributed by atoms with Gasteiger partial charge in [-0.15, -0.1) is 0 Å². The lowest BCUT2D eigenvalue weighted by Gasteiger charge is -2.25. The van der Waals surface area contributed by atoms with Gasteiger partial charge in [-0.2, -0.15) is 5.10 Å². The van der Waals surface area contributed by atoms with E-state index in [4.69, 9.17) is 9.72 Å². The van der Waals surface area contributed by atoms with E-state index >= 15 is 0 Å². The number of aromatic amines is 1. The standard InChI is InChI=1S/C29H34F2N8O3/c30-20-14-21(31)16-23(15-20)42-13-12-39(10-2-1-5-22-7-6-19-4-3-9-32-27(19)36-22)11-8-24(29(40)41)37-28-26-25(17-35-38-26)33-18-34-28/h6-7,14-18,24H,1-5,8-13H2,(H,32,36)(H,35,38)(H,40,41)(H,33,34,37)/t24-/m0/s1. The Morgan fingerprint density at radius 2 is 1.98 bits per heavy atom. The molecular weight excluding hydrogens is 546 g/mol. The third-order valence-electron chi connectivity index (χ3n) is 7.20. The summed E-state index contributed by atoms with van der Waals surface area (Å²) in [5.74, 6) is -0.982. The number of anilines is 2. The van der Waals surface area contributed by atoms with E-state index in [1.165, 1.54) is 11.9 Å². The normalized spacial score (nSPS) is 13.5. The smallest absolute Gasteiger partial charge is 0.326 e. The molecule has 4 N–H and O–H groups in total. The summed E-state index contributed by atoms with van der Waals surface area (Å²) < 4.78 is 32.8. The van der Waals surface area contributed by atoms with Crippen LogP contribution in [0.5, 0.6) is 5.75 Å². The summed E-state index contributed by atoms with van der Waals surface area (Å²) in [7, 11) is 0. The minimum Gasteiger partial charge on any atom is -0.492 e. The number of hydrogen-bond donors (Lipinski definition) is 4. The fraction of sp³-hybridized carbons (Fsp3) is 0.414. The lowest BCUT2D eigenvalue weighted by atomic mass is 10.1. The van der Waals surface area contributed by atoms with Crippen LogP contribution in [0, 0.1) is 11.6 Å². The lowest BCUT2D eigenvalue weighted by Crippen LogP contribution is -2.37. The topological polar surface area (TPSA) is 141 Å². The highest BCUT2D eigenvalue weighted by molar-refractivity contribution is 5.87. The van der Waals surface area contributed by atoms with Gasteiger partial charge in [-0.25, -0.2) is 28.5 Å². The Labute approximate surface area is 241 Å². The van der Waals surface area contributed by atoms with E-state index < -0.39 is 23.6 Å². The summed E-state index contributed by atoms with van der Waals surface area (Å²) >= 11 is 0. The quantitative estimate of drug-likeness (QED) is 0.152. The maximum atomic E-state index is 13.6. The van der Waals surface area contributed by atoms with Crippen molar-refractivity contribution in [1.29, 1.82) is 0 Å². The number of rotatable bonds is 15. The van der Waals surface area contributed by atoms with Crippen molar-refractivity contribution in [2.45, 2.75) is 44.6 Å². The van der Waals surface area contributed by atoms with Crippen LogP contribution < -0.4 is 15.4 Å². The molecule has 0 saturated heterocycles. The van der Waals surface area contributed by atoms with Crippen LogP contribution in [0.25, 0.3) is 11.0 Å². The Bertz CT molecular complexity index is 1480. The van der Waals surface area contributed by atoms with E-state index in [0.717, 1.165) is 68.4 Å². The van der Waals surface area contributed by atoms with Crippen LogP contribution in [-0.4, -0.2) is 80.0 Å². The van der Waals surface area contributed by atoms with Gasteiger partial charge < -0.3 is 20.5 Å². The molecule has 0 spiro atoms. The number of carboxylic acids is 1. The van der Waals surface area contributed by atoms with Gasteiger partial charge in [0.25, 0.3) is 0 Å². The molecule has 0 aliphatic carbocycles. The van der Waals surface area contributed by atoms with Crippen molar-refractivity contribution in [3.8, 4) is 5.75 Å². The number of nitrogens with one attached hydrogen (secondary N) is 3. The number of pyridine rings is 1. The Morgan fingerprint density at radius 3 is 2.81 bits per heavy atom. The van der Waals surface area contributed by atoms with Crippen LogP contribution in [0.3, 0.4) is 0 Å². The van der Waals surface area contributed by atoms with Crippen LogP contribution >= 0.6 is 0 Å². The Hall–Kier alpha value is -4.39. The van der Waals surface area contributed by atoms with E-state index in [2.05, 4.69) is 47.8 Å². The molecule has 4 aromatic rings. The number of aliphatic carboxylic acids is 1. The number of aryl methyl sites for hydroxylation is 2. The Kier molecular flexibility index (Phi) is 9.70. The number of H-pyrrole nitrogens is 1. The first-order chi connectivity index (χ1) is 20.4. The molecule has 4 heterocycles. The molecule has 5 rings (SSSR count). The van der Waals surface area contributed by atoms with Gasteiger partial charge in [0, 0.05) is 43.5 Å². The summed E-state index contributed by atoms with van der Waals surface area (Å²) in [5, 5.41) is 23.0. The number of hydrogen-bond acceptors (Lipinski definition) is 9. The molecule has 1 aromatic carbocycles. The van der Waals surface area contributed by atoms with Crippen LogP contribution in [0.4, 0.5) is 20.4 Å². The Balaban J connectivity index is 1.18. The van der Waals surface area contributed by atoms with Gasteiger partial charge in [0.2, 0.25) is 0 Å². The molecule has 1 aliphatic rings. The number of carbonyl (C=O) groups is 1. The first-order valence-corrected chi connectivity index (χ1v) is 14.1. The maximum Gasteiger partial charge on any atom is 0.326 e.